The van der Waals surface area contributed by atoms with Gasteiger partial charge in [0.1, 0.15) is 6.61 Å². The molecule has 244 valence electrons. The van der Waals surface area contributed by atoms with Crippen molar-refractivity contribution in [1.82, 2.24) is 4.57 Å². The predicted octanol–water partition coefficient (Wildman–Crippen LogP) is 7.44. The van der Waals surface area contributed by atoms with E-state index in [2.05, 4.69) is 40.2 Å². The fourth-order valence-corrected chi connectivity index (χ4v) is 7.65. The first-order valence-corrected chi connectivity index (χ1v) is 17.4. The highest BCUT2D eigenvalue weighted by Gasteiger charge is 2.35. The molecule has 0 radical (unpaired) electrons. The van der Waals surface area contributed by atoms with Gasteiger partial charge in [0.25, 0.3) is 5.56 Å². The molecule has 1 aliphatic heterocycles. The fourth-order valence-electron chi connectivity index (χ4n) is 6.07. The number of carbonyl (C=O) groups excluding carboxylic acids is 1. The van der Waals surface area contributed by atoms with E-state index in [0.717, 1.165) is 33.0 Å². The van der Waals surface area contributed by atoms with Gasteiger partial charge in [-0.25, -0.2) is 9.79 Å². The molecular weight excluding hydrogens is 700 g/mol. The van der Waals surface area contributed by atoms with Crippen molar-refractivity contribution in [3.8, 4) is 11.5 Å². The Hall–Kier alpha value is -5.25. The van der Waals surface area contributed by atoms with Crippen LogP contribution >= 0.6 is 27.3 Å². The molecule has 9 heteroatoms. The zero-order valence-corrected chi connectivity index (χ0v) is 29.2. The summed E-state index contributed by atoms with van der Waals surface area (Å²) >= 11 is 4.95. The number of nitrogens with zero attached hydrogens (tertiary/aromatic N) is 2. The minimum Gasteiger partial charge on any atom is -0.493 e. The number of esters is 1. The molecular formula is C40H31BrN2O5S. The lowest BCUT2D eigenvalue weighted by Gasteiger charge is -2.25. The second-order valence-electron chi connectivity index (χ2n) is 11.3. The second-order valence-corrected chi connectivity index (χ2v) is 13.2. The number of rotatable bonds is 9. The van der Waals surface area contributed by atoms with E-state index in [1.54, 1.807) is 18.6 Å². The maximum atomic E-state index is 14.3. The lowest BCUT2D eigenvalue weighted by Crippen LogP contribution is -2.39. The minimum atomic E-state index is -0.736. The summed E-state index contributed by atoms with van der Waals surface area (Å²) in [6.07, 6.45) is 1.81. The van der Waals surface area contributed by atoms with Crippen LogP contribution in [0.3, 0.4) is 0 Å². The molecule has 1 aliphatic rings. The van der Waals surface area contributed by atoms with Crippen LogP contribution in [0, 0.1) is 0 Å². The third-order valence-corrected chi connectivity index (χ3v) is 9.86. The Morgan fingerprint density at radius 3 is 2.41 bits per heavy atom. The molecule has 5 aromatic carbocycles. The van der Waals surface area contributed by atoms with Crippen molar-refractivity contribution in [2.75, 3.05) is 13.7 Å². The van der Waals surface area contributed by atoms with Crippen molar-refractivity contribution in [1.29, 1.82) is 0 Å². The fraction of sp³-hybridized carbons (Fsp3) is 0.125. The number of thiazole rings is 1. The molecule has 0 bridgehead atoms. The molecule has 0 spiro atoms. The molecule has 0 amide bonds. The smallest absolute Gasteiger partial charge is 0.338 e. The van der Waals surface area contributed by atoms with Crippen LogP contribution in [-0.2, 0) is 16.1 Å². The highest BCUT2D eigenvalue weighted by Crippen LogP contribution is 2.38. The molecule has 6 aromatic rings. The molecule has 0 aliphatic carbocycles. The Bertz CT molecular complexity index is 2400. The van der Waals surface area contributed by atoms with Gasteiger partial charge in [-0.3, -0.25) is 9.36 Å². The van der Waals surface area contributed by atoms with Crippen LogP contribution in [-0.4, -0.2) is 24.3 Å². The first-order chi connectivity index (χ1) is 24.0. The van der Waals surface area contributed by atoms with E-state index in [9.17, 15) is 9.59 Å². The van der Waals surface area contributed by atoms with Gasteiger partial charge in [0, 0.05) is 5.56 Å². The van der Waals surface area contributed by atoms with Gasteiger partial charge in [0.05, 0.1) is 40.0 Å². The highest BCUT2D eigenvalue weighted by atomic mass is 79.9. The van der Waals surface area contributed by atoms with Crippen molar-refractivity contribution in [2.45, 2.75) is 19.6 Å². The number of aromatic nitrogens is 1. The summed E-state index contributed by atoms with van der Waals surface area (Å²) in [5, 5.41) is 2.27. The molecule has 7 rings (SSSR count). The largest absolute Gasteiger partial charge is 0.493 e. The predicted molar refractivity (Wildman–Crippen MR) is 196 cm³/mol. The van der Waals surface area contributed by atoms with Gasteiger partial charge in [-0.05, 0) is 68.5 Å². The normalized spacial score (nSPS) is 14.3. The van der Waals surface area contributed by atoms with Gasteiger partial charge >= 0.3 is 5.97 Å². The molecule has 2 heterocycles. The molecule has 1 atom stereocenters. The highest BCUT2D eigenvalue weighted by molar-refractivity contribution is 9.10. The van der Waals surface area contributed by atoms with Crippen LogP contribution in [0.1, 0.15) is 35.2 Å². The molecule has 7 nitrogen and oxygen atoms in total. The quantitative estimate of drug-likeness (QED) is 0.145. The van der Waals surface area contributed by atoms with E-state index in [4.69, 9.17) is 19.2 Å². The summed E-state index contributed by atoms with van der Waals surface area (Å²) in [5.41, 5.74) is 3.86. The Kier molecular flexibility index (Phi) is 9.28. The number of hydrogen-bond donors (Lipinski definition) is 0. The minimum absolute atomic E-state index is 0.189. The van der Waals surface area contributed by atoms with Gasteiger partial charge in [-0.15, -0.1) is 0 Å². The van der Waals surface area contributed by atoms with Crippen LogP contribution in [0.4, 0.5) is 0 Å². The monoisotopic (exact) mass is 730 g/mol. The third-order valence-electron chi connectivity index (χ3n) is 8.29. The van der Waals surface area contributed by atoms with E-state index in [1.807, 2.05) is 97.1 Å². The molecule has 0 fully saturated rings. The number of carbonyl (C=O) groups is 1. The SMILES string of the molecule is CCOC(=O)C1=C(c2ccccc2)N=c2s/c(=C\c3cc(Br)c(OCc4cccc5ccccc45)c(OC)c3)c(=O)n2[C@H]1c1ccccc1. The Labute approximate surface area is 295 Å². The number of halogens is 1. The van der Waals surface area contributed by atoms with Gasteiger partial charge in [-0.2, -0.15) is 0 Å². The van der Waals surface area contributed by atoms with Crippen molar-refractivity contribution in [3.63, 3.8) is 0 Å². The van der Waals surface area contributed by atoms with Gasteiger partial charge < -0.3 is 14.2 Å². The summed E-state index contributed by atoms with van der Waals surface area (Å²) in [6.45, 7) is 2.30. The summed E-state index contributed by atoms with van der Waals surface area (Å²) in [4.78, 5) is 33.3. The molecule has 0 unspecified atom stereocenters. The second kappa shape index (κ2) is 14.1. The molecule has 49 heavy (non-hydrogen) atoms. The molecule has 1 aromatic heterocycles. The van der Waals surface area contributed by atoms with Crippen LogP contribution in [0.15, 0.2) is 135 Å². The topological polar surface area (TPSA) is 79.1 Å². The van der Waals surface area contributed by atoms with Gasteiger partial charge in [0.15, 0.2) is 16.3 Å². The Morgan fingerprint density at radius 1 is 0.939 bits per heavy atom. The summed E-state index contributed by atoms with van der Waals surface area (Å²) < 4.78 is 20.4. The lowest BCUT2D eigenvalue weighted by atomic mass is 9.93. The van der Waals surface area contributed by atoms with Crippen molar-refractivity contribution in [2.24, 2.45) is 4.99 Å². The standard InChI is InChI=1S/C40H31BrN2O5S/c1-3-47-39(45)34-35(27-14-6-4-7-15-27)42-40-43(36(34)28-16-8-5-9-17-28)38(44)33(49-40)23-25-21-31(41)37(32(22-25)46-2)48-24-29-19-12-18-26-13-10-11-20-30(26)29/h4-23,36H,3,24H2,1-2H3/b33-23-/t36-/m0/s1. The van der Waals surface area contributed by atoms with Crippen LogP contribution in [0.2, 0.25) is 0 Å². The Morgan fingerprint density at radius 2 is 1.65 bits per heavy atom. The first-order valence-electron chi connectivity index (χ1n) is 15.8. The number of hydrogen-bond acceptors (Lipinski definition) is 7. The molecule has 0 saturated heterocycles. The Balaban J connectivity index is 1.32. The van der Waals surface area contributed by atoms with Gasteiger partial charge in [-0.1, -0.05) is 114 Å². The van der Waals surface area contributed by atoms with Crippen molar-refractivity contribution < 1.29 is 19.0 Å². The zero-order valence-electron chi connectivity index (χ0n) is 26.8. The third kappa shape index (κ3) is 6.35. The summed E-state index contributed by atoms with van der Waals surface area (Å²) in [7, 11) is 1.59. The number of fused-ring (bicyclic) bond motifs is 2. The average Bonchev–Trinajstić information content (AvgIpc) is 3.44. The first kappa shape index (κ1) is 32.3. The van der Waals surface area contributed by atoms with E-state index in [1.165, 1.54) is 11.3 Å². The number of ether oxygens (including phenoxy) is 3. The van der Waals surface area contributed by atoms with Crippen LogP contribution in [0.5, 0.6) is 11.5 Å². The summed E-state index contributed by atoms with van der Waals surface area (Å²) in [5.74, 6) is 0.567. The van der Waals surface area contributed by atoms with E-state index in [0.29, 0.717) is 43.2 Å². The van der Waals surface area contributed by atoms with Crippen LogP contribution < -0.4 is 24.4 Å². The van der Waals surface area contributed by atoms with Crippen molar-refractivity contribution >= 4 is 55.8 Å². The molecule has 0 N–H and O–H groups in total. The maximum Gasteiger partial charge on any atom is 0.338 e. The number of benzene rings is 5. The number of methoxy groups -OCH3 is 1. The molecule has 0 saturated carbocycles. The zero-order chi connectivity index (χ0) is 33.9. The average molecular weight is 732 g/mol. The lowest BCUT2D eigenvalue weighted by molar-refractivity contribution is -0.138. The van der Waals surface area contributed by atoms with E-state index < -0.39 is 12.0 Å². The van der Waals surface area contributed by atoms with E-state index in [-0.39, 0.29) is 12.2 Å². The maximum absolute atomic E-state index is 14.3. The van der Waals surface area contributed by atoms with Crippen LogP contribution in [0.25, 0.3) is 22.5 Å². The van der Waals surface area contributed by atoms with Gasteiger partial charge in [0.2, 0.25) is 0 Å². The van der Waals surface area contributed by atoms with E-state index >= 15 is 0 Å². The summed E-state index contributed by atoms with van der Waals surface area (Å²) in [6, 6.07) is 36.4. The van der Waals surface area contributed by atoms with Crippen molar-refractivity contribution in [3.05, 3.63) is 167 Å².